The Labute approximate surface area is 90.7 Å². The number of nitrogens with zero attached hydrogens (tertiary/aromatic N) is 1. The third-order valence-corrected chi connectivity index (χ3v) is 1.90. The van der Waals surface area contributed by atoms with E-state index in [-0.39, 0.29) is 11.3 Å². The average molecular weight is 227 g/mol. The Hall–Kier alpha value is -2.11. The minimum absolute atomic E-state index is 0.276. The summed E-state index contributed by atoms with van der Waals surface area (Å²) in [6, 6.07) is 3.05. The number of carbonyl (C=O) groups excluding carboxylic acids is 1. The molecule has 1 rings (SSSR count). The zero-order valence-corrected chi connectivity index (χ0v) is 8.48. The molecule has 16 heavy (non-hydrogen) atoms. The first-order valence-electron chi connectivity index (χ1n) is 4.37. The molecule has 0 fully saturated rings. The van der Waals surface area contributed by atoms with E-state index >= 15 is 0 Å². The Morgan fingerprint density at radius 1 is 1.44 bits per heavy atom. The molecule has 0 aromatic heterocycles. The first kappa shape index (κ1) is 12.0. The van der Waals surface area contributed by atoms with E-state index in [4.69, 9.17) is 10.2 Å². The van der Waals surface area contributed by atoms with Crippen LogP contribution < -0.4 is 0 Å². The van der Waals surface area contributed by atoms with Crippen molar-refractivity contribution >= 4 is 11.9 Å². The van der Waals surface area contributed by atoms with E-state index in [0.717, 1.165) is 23.1 Å². The van der Waals surface area contributed by atoms with Crippen molar-refractivity contribution in [1.82, 2.24) is 4.90 Å². The number of aromatic hydroxyl groups is 1. The van der Waals surface area contributed by atoms with Gasteiger partial charge in [-0.2, -0.15) is 0 Å². The second-order valence-corrected chi connectivity index (χ2v) is 3.22. The molecule has 1 aromatic rings. The summed E-state index contributed by atoms with van der Waals surface area (Å²) < 4.78 is 13.2. The van der Waals surface area contributed by atoms with Crippen LogP contribution in [0.2, 0.25) is 0 Å². The lowest BCUT2D eigenvalue weighted by Gasteiger charge is -2.14. The fraction of sp³-hybridized carbons (Fsp3) is 0.200. The molecule has 0 spiro atoms. The second-order valence-electron chi connectivity index (χ2n) is 3.22. The molecule has 0 aliphatic rings. The van der Waals surface area contributed by atoms with Crippen LogP contribution in [-0.2, 0) is 4.79 Å². The van der Waals surface area contributed by atoms with Crippen LogP contribution >= 0.6 is 0 Å². The van der Waals surface area contributed by atoms with Crippen LogP contribution in [-0.4, -0.2) is 40.6 Å². The van der Waals surface area contributed by atoms with E-state index in [2.05, 4.69) is 0 Å². The van der Waals surface area contributed by atoms with Crippen LogP contribution in [0, 0.1) is 5.82 Å². The Morgan fingerprint density at radius 2 is 2.06 bits per heavy atom. The number of carboxylic acids is 1. The van der Waals surface area contributed by atoms with Gasteiger partial charge in [-0.05, 0) is 12.1 Å². The first-order valence-corrected chi connectivity index (χ1v) is 4.37. The number of aliphatic carboxylic acids is 1. The largest absolute Gasteiger partial charge is 0.508 e. The van der Waals surface area contributed by atoms with Crippen LogP contribution in [0.3, 0.4) is 0 Å². The second kappa shape index (κ2) is 4.61. The van der Waals surface area contributed by atoms with Crippen LogP contribution in [0.15, 0.2) is 18.2 Å². The van der Waals surface area contributed by atoms with Crippen molar-refractivity contribution in [2.75, 3.05) is 13.6 Å². The van der Waals surface area contributed by atoms with Crippen LogP contribution in [0.4, 0.5) is 4.39 Å². The number of phenols is 1. The van der Waals surface area contributed by atoms with Crippen molar-refractivity contribution in [2.24, 2.45) is 0 Å². The van der Waals surface area contributed by atoms with E-state index in [1.54, 1.807) is 0 Å². The Bertz CT molecular complexity index is 433. The Kier molecular flexibility index (Phi) is 3.44. The van der Waals surface area contributed by atoms with Gasteiger partial charge in [0.25, 0.3) is 5.91 Å². The topological polar surface area (TPSA) is 77.8 Å². The monoisotopic (exact) mass is 227 g/mol. The molecular formula is C10H10FNO4. The number of hydrogen-bond donors (Lipinski definition) is 2. The molecule has 0 bridgehead atoms. The quantitative estimate of drug-likeness (QED) is 0.796. The van der Waals surface area contributed by atoms with Gasteiger partial charge in [-0.1, -0.05) is 0 Å². The average Bonchev–Trinajstić information content (AvgIpc) is 2.15. The highest BCUT2D eigenvalue weighted by Crippen LogP contribution is 2.16. The summed E-state index contributed by atoms with van der Waals surface area (Å²) in [5, 5.41) is 17.4. The maximum Gasteiger partial charge on any atom is 0.323 e. The number of rotatable bonds is 3. The normalized spacial score (nSPS) is 9.88. The van der Waals surface area contributed by atoms with Crippen molar-refractivity contribution < 1.29 is 24.2 Å². The van der Waals surface area contributed by atoms with Crippen molar-refractivity contribution in [3.63, 3.8) is 0 Å². The third kappa shape index (κ3) is 2.69. The summed E-state index contributed by atoms with van der Waals surface area (Å²) in [6.07, 6.45) is 0. The molecule has 86 valence electrons. The van der Waals surface area contributed by atoms with Gasteiger partial charge in [0.15, 0.2) is 0 Å². The van der Waals surface area contributed by atoms with Gasteiger partial charge in [0.05, 0.1) is 5.56 Å². The van der Waals surface area contributed by atoms with Crippen molar-refractivity contribution in [3.8, 4) is 5.75 Å². The summed E-state index contributed by atoms with van der Waals surface area (Å²) in [4.78, 5) is 22.8. The van der Waals surface area contributed by atoms with Gasteiger partial charge in [0.2, 0.25) is 0 Å². The Balaban J connectivity index is 2.92. The fourth-order valence-electron chi connectivity index (χ4n) is 1.16. The Morgan fingerprint density at radius 3 is 2.56 bits per heavy atom. The highest BCUT2D eigenvalue weighted by molar-refractivity contribution is 5.96. The molecule has 0 saturated heterocycles. The van der Waals surface area contributed by atoms with Gasteiger partial charge >= 0.3 is 5.97 Å². The molecule has 0 atom stereocenters. The lowest BCUT2D eigenvalue weighted by molar-refractivity contribution is -0.137. The number of likely N-dealkylation sites (N-methyl/N-ethyl adjacent to an activating group) is 1. The van der Waals surface area contributed by atoms with Crippen LogP contribution in [0.25, 0.3) is 0 Å². The van der Waals surface area contributed by atoms with Crippen LogP contribution in [0.1, 0.15) is 10.4 Å². The fourth-order valence-corrected chi connectivity index (χ4v) is 1.16. The summed E-state index contributed by atoms with van der Waals surface area (Å²) in [7, 11) is 1.25. The SMILES string of the molecule is CN(CC(=O)O)C(=O)c1ccc(O)cc1F. The molecule has 0 radical (unpaired) electrons. The molecule has 1 amide bonds. The maximum absolute atomic E-state index is 13.2. The van der Waals surface area contributed by atoms with Gasteiger partial charge in [0, 0.05) is 13.1 Å². The van der Waals surface area contributed by atoms with Gasteiger partial charge < -0.3 is 15.1 Å². The van der Waals surface area contributed by atoms with Gasteiger partial charge in [-0.15, -0.1) is 0 Å². The summed E-state index contributed by atoms with van der Waals surface area (Å²) >= 11 is 0. The zero-order valence-electron chi connectivity index (χ0n) is 8.48. The van der Waals surface area contributed by atoms with Crippen molar-refractivity contribution in [3.05, 3.63) is 29.6 Å². The zero-order chi connectivity index (χ0) is 12.3. The first-order chi connectivity index (χ1) is 7.41. The molecule has 0 aliphatic carbocycles. The van der Waals surface area contributed by atoms with E-state index in [9.17, 15) is 14.0 Å². The molecule has 2 N–H and O–H groups in total. The molecule has 0 aliphatic heterocycles. The summed E-state index contributed by atoms with van der Waals surface area (Å²) in [6.45, 7) is -0.515. The minimum Gasteiger partial charge on any atom is -0.508 e. The predicted octanol–water partition coefficient (Wildman–Crippen LogP) is 0.688. The van der Waals surface area contributed by atoms with Gasteiger partial charge in [-0.25, -0.2) is 4.39 Å². The molecule has 0 saturated carbocycles. The molecule has 0 heterocycles. The number of halogens is 1. The highest BCUT2D eigenvalue weighted by atomic mass is 19.1. The lowest BCUT2D eigenvalue weighted by Crippen LogP contribution is -2.32. The number of hydrogen-bond acceptors (Lipinski definition) is 3. The molecule has 0 unspecified atom stereocenters. The number of carboxylic acid groups (broad SMARTS) is 1. The molecule has 5 nitrogen and oxygen atoms in total. The minimum atomic E-state index is -1.19. The number of carbonyl (C=O) groups is 2. The van der Waals surface area contributed by atoms with Crippen molar-refractivity contribution in [1.29, 1.82) is 0 Å². The number of amides is 1. The lowest BCUT2D eigenvalue weighted by atomic mass is 10.2. The van der Waals surface area contributed by atoms with Crippen LogP contribution in [0.5, 0.6) is 5.75 Å². The smallest absolute Gasteiger partial charge is 0.323 e. The predicted molar refractivity (Wildman–Crippen MR) is 52.7 cm³/mol. The molecule has 1 aromatic carbocycles. The van der Waals surface area contributed by atoms with E-state index in [0.29, 0.717) is 0 Å². The summed E-state index contributed by atoms with van der Waals surface area (Å²) in [5.74, 6) is -3.12. The highest BCUT2D eigenvalue weighted by Gasteiger charge is 2.18. The van der Waals surface area contributed by atoms with Gasteiger partial charge in [0.1, 0.15) is 18.1 Å². The third-order valence-electron chi connectivity index (χ3n) is 1.90. The van der Waals surface area contributed by atoms with Crippen molar-refractivity contribution in [2.45, 2.75) is 0 Å². The van der Waals surface area contributed by atoms with E-state index in [1.165, 1.54) is 7.05 Å². The number of phenolic OH excluding ortho intramolecular Hbond substituents is 1. The summed E-state index contributed by atoms with van der Waals surface area (Å²) in [5.41, 5.74) is -0.276. The van der Waals surface area contributed by atoms with E-state index in [1.807, 2.05) is 0 Å². The standard InChI is InChI=1S/C10H10FNO4/c1-12(5-9(14)15)10(16)7-3-2-6(13)4-8(7)11/h2-4,13H,5H2,1H3,(H,14,15). The molecular weight excluding hydrogens is 217 g/mol. The maximum atomic E-state index is 13.2. The molecule has 6 heteroatoms. The number of benzene rings is 1. The van der Waals surface area contributed by atoms with Gasteiger partial charge in [-0.3, -0.25) is 9.59 Å². The van der Waals surface area contributed by atoms with E-state index < -0.39 is 24.2 Å².